The highest BCUT2D eigenvalue weighted by Gasteiger charge is 2.17. The molecular weight excluding hydrogens is 269 g/mol. The number of carbonyl (C=O) groups is 1. The van der Waals surface area contributed by atoms with Crippen LogP contribution in [0, 0.1) is 5.82 Å². The topological polar surface area (TPSA) is 75.1 Å². The molecule has 1 unspecified atom stereocenters. The van der Waals surface area contributed by atoms with Gasteiger partial charge in [0.15, 0.2) is 5.82 Å². The summed E-state index contributed by atoms with van der Waals surface area (Å²) >= 11 is 1.44. The van der Waals surface area contributed by atoms with Crippen LogP contribution < -0.4 is 5.32 Å². The Morgan fingerprint density at radius 2 is 2.32 bits per heavy atom. The van der Waals surface area contributed by atoms with Crippen molar-refractivity contribution in [3.05, 3.63) is 46.4 Å². The standard InChI is InChI=1S/C12H12FN3O2S/c13-11-5-14-2-1-10(11)12(18)16-8(6-17)3-9-4-15-7-19-9/h1-2,4-5,7-8,17H,3,6H2,(H,16,18). The molecule has 0 saturated carbocycles. The number of carbonyl (C=O) groups excluding carboxylic acids is 1. The van der Waals surface area contributed by atoms with Crippen molar-refractivity contribution >= 4 is 17.2 Å². The molecule has 2 aromatic rings. The number of nitrogens with zero attached hydrogens (tertiary/aromatic N) is 2. The van der Waals surface area contributed by atoms with Gasteiger partial charge in [-0.2, -0.15) is 0 Å². The minimum absolute atomic E-state index is 0.0854. The molecule has 2 heterocycles. The van der Waals surface area contributed by atoms with E-state index in [0.717, 1.165) is 11.1 Å². The summed E-state index contributed by atoms with van der Waals surface area (Å²) in [5, 5.41) is 11.8. The zero-order valence-corrected chi connectivity index (χ0v) is 10.7. The van der Waals surface area contributed by atoms with Crippen LogP contribution in [0.2, 0.25) is 0 Å². The molecule has 1 amide bonds. The third-order valence-corrected chi connectivity index (χ3v) is 3.31. The van der Waals surface area contributed by atoms with E-state index in [2.05, 4.69) is 15.3 Å². The van der Waals surface area contributed by atoms with Crippen LogP contribution in [0.15, 0.2) is 30.2 Å². The Hall–Kier alpha value is -1.86. The van der Waals surface area contributed by atoms with Gasteiger partial charge in [-0.05, 0) is 6.07 Å². The first-order valence-corrected chi connectivity index (χ1v) is 6.47. The molecule has 0 aliphatic carbocycles. The molecule has 1 atom stereocenters. The fourth-order valence-electron chi connectivity index (χ4n) is 1.57. The largest absolute Gasteiger partial charge is 0.394 e. The molecular formula is C12H12FN3O2S. The molecule has 0 radical (unpaired) electrons. The van der Waals surface area contributed by atoms with Crippen molar-refractivity contribution < 1.29 is 14.3 Å². The van der Waals surface area contributed by atoms with Gasteiger partial charge in [-0.25, -0.2) is 4.39 Å². The first kappa shape index (κ1) is 13.6. The Labute approximate surface area is 113 Å². The molecule has 0 spiro atoms. The van der Waals surface area contributed by atoms with Crippen molar-refractivity contribution in [3.8, 4) is 0 Å². The van der Waals surface area contributed by atoms with E-state index in [1.807, 2.05) is 0 Å². The molecule has 2 aromatic heterocycles. The predicted molar refractivity (Wildman–Crippen MR) is 68.4 cm³/mol. The molecule has 100 valence electrons. The summed E-state index contributed by atoms with van der Waals surface area (Å²) in [5.74, 6) is -1.25. The highest BCUT2D eigenvalue weighted by molar-refractivity contribution is 7.09. The van der Waals surface area contributed by atoms with Crippen molar-refractivity contribution in [2.75, 3.05) is 6.61 Å². The van der Waals surface area contributed by atoms with Gasteiger partial charge in [-0.15, -0.1) is 11.3 Å². The summed E-state index contributed by atoms with van der Waals surface area (Å²) < 4.78 is 13.4. The molecule has 0 aliphatic heterocycles. The van der Waals surface area contributed by atoms with Crippen LogP contribution in [-0.4, -0.2) is 33.6 Å². The summed E-state index contributed by atoms with van der Waals surface area (Å²) in [6.07, 6.45) is 4.45. The minimum Gasteiger partial charge on any atom is -0.394 e. The number of hydrogen-bond donors (Lipinski definition) is 2. The van der Waals surface area contributed by atoms with Gasteiger partial charge >= 0.3 is 0 Å². The zero-order chi connectivity index (χ0) is 13.7. The minimum atomic E-state index is -0.686. The van der Waals surface area contributed by atoms with Crippen molar-refractivity contribution in [1.82, 2.24) is 15.3 Å². The van der Waals surface area contributed by atoms with E-state index in [-0.39, 0.29) is 12.2 Å². The third-order valence-electron chi connectivity index (χ3n) is 2.50. The van der Waals surface area contributed by atoms with Crippen LogP contribution in [0.5, 0.6) is 0 Å². The maximum atomic E-state index is 13.4. The molecule has 0 aliphatic rings. The zero-order valence-electron chi connectivity index (χ0n) is 9.91. The number of pyridine rings is 1. The van der Waals surface area contributed by atoms with Gasteiger partial charge in [0.25, 0.3) is 5.91 Å². The van der Waals surface area contributed by atoms with Crippen LogP contribution in [0.4, 0.5) is 4.39 Å². The van der Waals surface area contributed by atoms with Gasteiger partial charge in [-0.1, -0.05) is 0 Å². The lowest BCUT2D eigenvalue weighted by Crippen LogP contribution is -2.39. The lowest BCUT2D eigenvalue weighted by Gasteiger charge is -2.15. The van der Waals surface area contributed by atoms with E-state index in [4.69, 9.17) is 0 Å². The number of aromatic nitrogens is 2. The van der Waals surface area contributed by atoms with Gasteiger partial charge < -0.3 is 10.4 Å². The number of aliphatic hydroxyl groups excluding tert-OH is 1. The third kappa shape index (κ3) is 3.55. The fourth-order valence-corrected chi connectivity index (χ4v) is 2.25. The first-order chi connectivity index (χ1) is 9.20. The van der Waals surface area contributed by atoms with E-state index in [9.17, 15) is 14.3 Å². The number of thiazole rings is 1. The molecule has 19 heavy (non-hydrogen) atoms. The second kappa shape index (κ2) is 6.35. The second-order valence-electron chi connectivity index (χ2n) is 3.88. The molecule has 0 saturated heterocycles. The number of nitrogens with one attached hydrogen (secondary N) is 1. The molecule has 0 aromatic carbocycles. The Morgan fingerprint density at radius 3 is 2.95 bits per heavy atom. The summed E-state index contributed by atoms with van der Waals surface area (Å²) in [6.45, 7) is -0.226. The van der Waals surface area contributed by atoms with Crippen molar-refractivity contribution in [1.29, 1.82) is 0 Å². The average molecular weight is 281 g/mol. The smallest absolute Gasteiger partial charge is 0.254 e. The van der Waals surface area contributed by atoms with Crippen molar-refractivity contribution in [3.63, 3.8) is 0 Å². The quantitative estimate of drug-likeness (QED) is 0.857. The second-order valence-corrected chi connectivity index (χ2v) is 4.85. The fraction of sp³-hybridized carbons (Fsp3) is 0.250. The van der Waals surface area contributed by atoms with Crippen LogP contribution in [0.3, 0.4) is 0 Å². The lowest BCUT2D eigenvalue weighted by molar-refractivity contribution is 0.0912. The van der Waals surface area contributed by atoms with Crippen LogP contribution in [0.25, 0.3) is 0 Å². The number of amides is 1. The SMILES string of the molecule is O=C(NC(CO)Cc1cncs1)c1ccncc1F. The summed E-state index contributed by atoms with van der Waals surface area (Å²) in [5.41, 5.74) is 1.59. The average Bonchev–Trinajstić information content (AvgIpc) is 2.91. The number of rotatable bonds is 5. The van der Waals surface area contributed by atoms with Gasteiger partial charge in [0.05, 0.1) is 29.9 Å². The predicted octanol–water partition coefficient (Wildman–Crippen LogP) is 1.01. The molecule has 7 heteroatoms. The summed E-state index contributed by atoms with van der Waals surface area (Å²) in [4.78, 5) is 20.3. The van der Waals surface area contributed by atoms with E-state index < -0.39 is 17.8 Å². The van der Waals surface area contributed by atoms with Gasteiger partial charge in [0, 0.05) is 23.7 Å². The highest BCUT2D eigenvalue weighted by atomic mass is 32.1. The highest BCUT2D eigenvalue weighted by Crippen LogP contribution is 2.10. The number of aliphatic hydroxyl groups is 1. The Balaban J connectivity index is 2.02. The number of halogens is 1. The van der Waals surface area contributed by atoms with Gasteiger partial charge in [-0.3, -0.25) is 14.8 Å². The first-order valence-electron chi connectivity index (χ1n) is 5.59. The van der Waals surface area contributed by atoms with E-state index in [0.29, 0.717) is 6.42 Å². The number of hydrogen-bond acceptors (Lipinski definition) is 5. The van der Waals surface area contributed by atoms with E-state index in [1.165, 1.54) is 23.6 Å². The Bertz CT molecular complexity index is 548. The van der Waals surface area contributed by atoms with Crippen molar-refractivity contribution in [2.45, 2.75) is 12.5 Å². The maximum absolute atomic E-state index is 13.4. The van der Waals surface area contributed by atoms with Gasteiger partial charge in [0.1, 0.15) is 0 Å². The molecule has 0 bridgehead atoms. The van der Waals surface area contributed by atoms with E-state index in [1.54, 1.807) is 11.7 Å². The molecule has 2 N–H and O–H groups in total. The molecule has 2 rings (SSSR count). The van der Waals surface area contributed by atoms with Gasteiger partial charge in [0.2, 0.25) is 0 Å². The summed E-state index contributed by atoms with van der Waals surface area (Å²) in [7, 11) is 0. The van der Waals surface area contributed by atoms with E-state index >= 15 is 0 Å². The molecule has 5 nitrogen and oxygen atoms in total. The normalized spacial score (nSPS) is 12.1. The Morgan fingerprint density at radius 1 is 1.47 bits per heavy atom. The molecule has 0 fully saturated rings. The van der Waals surface area contributed by atoms with Crippen molar-refractivity contribution in [2.24, 2.45) is 0 Å². The van der Waals surface area contributed by atoms with Crippen LogP contribution >= 0.6 is 11.3 Å². The maximum Gasteiger partial charge on any atom is 0.254 e. The van der Waals surface area contributed by atoms with Crippen LogP contribution in [0.1, 0.15) is 15.2 Å². The lowest BCUT2D eigenvalue weighted by atomic mass is 10.1. The summed E-state index contributed by atoms with van der Waals surface area (Å²) in [6, 6.07) is 0.826. The Kier molecular flexibility index (Phi) is 4.53. The van der Waals surface area contributed by atoms with Crippen LogP contribution in [-0.2, 0) is 6.42 Å². The monoisotopic (exact) mass is 281 g/mol.